The van der Waals surface area contributed by atoms with Gasteiger partial charge in [-0.2, -0.15) is 0 Å². The maximum Gasteiger partial charge on any atom is 0.124 e. The summed E-state index contributed by atoms with van der Waals surface area (Å²) in [7, 11) is 3.35. The summed E-state index contributed by atoms with van der Waals surface area (Å²) in [6.45, 7) is 6.75. The summed E-state index contributed by atoms with van der Waals surface area (Å²) in [6, 6.07) is 7.03. The van der Waals surface area contributed by atoms with E-state index in [4.69, 9.17) is 9.47 Å². The number of methoxy groups -OCH3 is 2. The second-order valence-electron chi connectivity index (χ2n) is 5.32. The van der Waals surface area contributed by atoms with Gasteiger partial charge in [0.25, 0.3) is 0 Å². The molecule has 0 aromatic heterocycles. The van der Waals surface area contributed by atoms with Gasteiger partial charge in [0.2, 0.25) is 0 Å². The molecule has 1 aromatic carbocycles. The number of hydrogen-bond donors (Lipinski definition) is 1. The zero-order chi connectivity index (χ0) is 13.8. The molecule has 1 unspecified atom stereocenters. The van der Waals surface area contributed by atoms with Crippen LogP contribution in [-0.4, -0.2) is 44.3 Å². The van der Waals surface area contributed by atoms with Crippen LogP contribution in [0.1, 0.15) is 20.3 Å². The number of likely N-dealkylation sites (tertiary alicyclic amines) is 1. The van der Waals surface area contributed by atoms with Crippen LogP contribution in [-0.2, 0) is 0 Å². The number of nitrogens with zero attached hydrogens (tertiary/aromatic N) is 1. The first kappa shape index (κ1) is 14.0. The first-order valence-corrected chi connectivity index (χ1v) is 6.86. The van der Waals surface area contributed by atoms with Crippen molar-refractivity contribution in [3.05, 3.63) is 18.2 Å². The number of anilines is 1. The lowest BCUT2D eigenvalue weighted by molar-refractivity contribution is 0.274. The van der Waals surface area contributed by atoms with Crippen LogP contribution in [0.2, 0.25) is 0 Å². The molecule has 106 valence electrons. The summed E-state index contributed by atoms with van der Waals surface area (Å²) in [5, 5.41) is 3.57. The van der Waals surface area contributed by atoms with Crippen LogP contribution in [0.25, 0.3) is 0 Å². The summed E-state index contributed by atoms with van der Waals surface area (Å²) in [6.07, 6.45) is 1.18. The van der Waals surface area contributed by atoms with Gasteiger partial charge in [-0.05, 0) is 20.3 Å². The summed E-state index contributed by atoms with van der Waals surface area (Å²) >= 11 is 0. The van der Waals surface area contributed by atoms with Crippen LogP contribution in [0.5, 0.6) is 11.5 Å². The molecule has 0 bridgehead atoms. The maximum atomic E-state index is 5.29. The SMILES string of the molecule is COc1cc(NC2CCN(C(C)C)C2)cc(OC)c1. The highest BCUT2D eigenvalue weighted by Gasteiger charge is 2.24. The van der Waals surface area contributed by atoms with E-state index in [1.807, 2.05) is 18.2 Å². The van der Waals surface area contributed by atoms with Gasteiger partial charge in [0.05, 0.1) is 14.2 Å². The van der Waals surface area contributed by atoms with E-state index in [2.05, 4.69) is 24.1 Å². The Hall–Kier alpha value is -1.42. The largest absolute Gasteiger partial charge is 0.497 e. The van der Waals surface area contributed by atoms with Gasteiger partial charge >= 0.3 is 0 Å². The second-order valence-corrected chi connectivity index (χ2v) is 5.32. The van der Waals surface area contributed by atoms with Crippen molar-refractivity contribution in [2.75, 3.05) is 32.6 Å². The summed E-state index contributed by atoms with van der Waals surface area (Å²) in [5.74, 6) is 1.64. The molecule has 1 aromatic rings. The van der Waals surface area contributed by atoms with E-state index in [9.17, 15) is 0 Å². The molecule has 0 aliphatic carbocycles. The molecule has 0 amide bonds. The Bertz CT molecular complexity index is 398. The Morgan fingerprint density at radius 2 is 1.79 bits per heavy atom. The lowest BCUT2D eigenvalue weighted by Crippen LogP contribution is -2.31. The van der Waals surface area contributed by atoms with Crippen LogP contribution in [0.3, 0.4) is 0 Å². The fourth-order valence-corrected chi connectivity index (χ4v) is 2.50. The smallest absolute Gasteiger partial charge is 0.124 e. The average molecular weight is 264 g/mol. The standard InChI is InChI=1S/C15H24N2O2/c1-11(2)17-6-5-12(10-17)16-13-7-14(18-3)9-15(8-13)19-4/h7-9,11-12,16H,5-6,10H2,1-4H3. The van der Waals surface area contributed by atoms with Crippen molar-refractivity contribution in [2.45, 2.75) is 32.4 Å². The zero-order valence-electron chi connectivity index (χ0n) is 12.3. The Labute approximate surface area is 115 Å². The second kappa shape index (κ2) is 6.15. The molecule has 1 saturated heterocycles. The fourth-order valence-electron chi connectivity index (χ4n) is 2.50. The van der Waals surface area contributed by atoms with Crippen molar-refractivity contribution in [3.63, 3.8) is 0 Å². The van der Waals surface area contributed by atoms with Gasteiger partial charge in [-0.1, -0.05) is 0 Å². The third-order valence-electron chi connectivity index (χ3n) is 3.67. The van der Waals surface area contributed by atoms with E-state index >= 15 is 0 Å². The summed E-state index contributed by atoms with van der Waals surface area (Å²) in [5.41, 5.74) is 1.06. The van der Waals surface area contributed by atoms with Crippen molar-refractivity contribution in [1.82, 2.24) is 4.90 Å². The van der Waals surface area contributed by atoms with E-state index in [0.717, 1.165) is 30.3 Å². The Morgan fingerprint density at radius 1 is 1.16 bits per heavy atom. The monoisotopic (exact) mass is 264 g/mol. The molecule has 19 heavy (non-hydrogen) atoms. The lowest BCUT2D eigenvalue weighted by Gasteiger charge is -2.21. The minimum atomic E-state index is 0.499. The van der Waals surface area contributed by atoms with Crippen LogP contribution < -0.4 is 14.8 Å². The average Bonchev–Trinajstić information content (AvgIpc) is 2.87. The molecule has 0 radical (unpaired) electrons. The number of hydrogen-bond acceptors (Lipinski definition) is 4. The lowest BCUT2D eigenvalue weighted by atomic mass is 10.2. The minimum absolute atomic E-state index is 0.499. The zero-order valence-corrected chi connectivity index (χ0v) is 12.3. The van der Waals surface area contributed by atoms with E-state index in [1.165, 1.54) is 6.42 Å². The Morgan fingerprint density at radius 3 is 2.26 bits per heavy atom. The van der Waals surface area contributed by atoms with E-state index < -0.39 is 0 Å². The minimum Gasteiger partial charge on any atom is -0.497 e. The predicted octanol–water partition coefficient (Wildman–Crippen LogP) is 2.60. The first-order valence-electron chi connectivity index (χ1n) is 6.86. The first-order chi connectivity index (χ1) is 9.12. The topological polar surface area (TPSA) is 33.7 Å². The van der Waals surface area contributed by atoms with Gasteiger partial charge in [-0.15, -0.1) is 0 Å². The van der Waals surface area contributed by atoms with E-state index in [-0.39, 0.29) is 0 Å². The van der Waals surface area contributed by atoms with Crippen molar-refractivity contribution in [3.8, 4) is 11.5 Å². The van der Waals surface area contributed by atoms with E-state index in [0.29, 0.717) is 12.1 Å². The van der Waals surface area contributed by atoms with E-state index in [1.54, 1.807) is 14.2 Å². The molecule has 1 N–H and O–H groups in total. The molecule has 2 rings (SSSR count). The van der Waals surface area contributed by atoms with Crippen molar-refractivity contribution >= 4 is 5.69 Å². The number of benzene rings is 1. The molecule has 0 spiro atoms. The Balaban J connectivity index is 2.03. The van der Waals surface area contributed by atoms with Gasteiger partial charge in [-0.25, -0.2) is 0 Å². The normalized spacial score (nSPS) is 19.7. The van der Waals surface area contributed by atoms with Crippen LogP contribution >= 0.6 is 0 Å². The van der Waals surface area contributed by atoms with Gasteiger partial charge in [-0.3, -0.25) is 4.90 Å². The quantitative estimate of drug-likeness (QED) is 0.886. The Kier molecular flexibility index (Phi) is 4.53. The van der Waals surface area contributed by atoms with Gasteiger partial charge < -0.3 is 14.8 Å². The highest BCUT2D eigenvalue weighted by molar-refractivity contribution is 5.54. The van der Waals surface area contributed by atoms with Crippen molar-refractivity contribution in [1.29, 1.82) is 0 Å². The van der Waals surface area contributed by atoms with Crippen LogP contribution in [0.15, 0.2) is 18.2 Å². The molecule has 4 nitrogen and oxygen atoms in total. The van der Waals surface area contributed by atoms with Gasteiger partial charge in [0.1, 0.15) is 11.5 Å². The third kappa shape index (κ3) is 3.53. The molecule has 1 aliphatic heterocycles. The van der Waals surface area contributed by atoms with Crippen LogP contribution in [0, 0.1) is 0 Å². The highest BCUT2D eigenvalue weighted by atomic mass is 16.5. The number of nitrogens with one attached hydrogen (secondary N) is 1. The number of ether oxygens (including phenoxy) is 2. The van der Waals surface area contributed by atoms with Gasteiger partial charge in [0, 0.05) is 49.1 Å². The molecular weight excluding hydrogens is 240 g/mol. The molecule has 1 aliphatic rings. The van der Waals surface area contributed by atoms with Crippen LogP contribution in [0.4, 0.5) is 5.69 Å². The molecule has 1 heterocycles. The predicted molar refractivity (Wildman–Crippen MR) is 78.3 cm³/mol. The molecule has 4 heteroatoms. The van der Waals surface area contributed by atoms with Crippen molar-refractivity contribution in [2.24, 2.45) is 0 Å². The van der Waals surface area contributed by atoms with Crippen molar-refractivity contribution < 1.29 is 9.47 Å². The molecule has 0 saturated carbocycles. The number of rotatable bonds is 5. The third-order valence-corrected chi connectivity index (χ3v) is 3.67. The maximum absolute atomic E-state index is 5.29. The van der Waals surface area contributed by atoms with Gasteiger partial charge in [0.15, 0.2) is 0 Å². The molecule has 1 fully saturated rings. The summed E-state index contributed by atoms with van der Waals surface area (Å²) in [4.78, 5) is 2.50. The fraction of sp³-hybridized carbons (Fsp3) is 0.600. The highest BCUT2D eigenvalue weighted by Crippen LogP contribution is 2.27. The summed E-state index contributed by atoms with van der Waals surface area (Å²) < 4.78 is 10.6. The molecular formula is C15H24N2O2. The molecule has 1 atom stereocenters.